The first kappa shape index (κ1) is 19.7. The van der Waals surface area contributed by atoms with Crippen LogP contribution < -0.4 is 10.6 Å². The van der Waals surface area contributed by atoms with Gasteiger partial charge in [0.2, 0.25) is 17.7 Å². The average molecular weight is 385 g/mol. The molecule has 28 heavy (non-hydrogen) atoms. The number of nitrogens with zero attached hydrogens (tertiary/aromatic N) is 3. The lowest BCUT2D eigenvalue weighted by molar-refractivity contribution is -0.136. The van der Waals surface area contributed by atoms with E-state index in [1.165, 1.54) is 0 Å². The van der Waals surface area contributed by atoms with Gasteiger partial charge in [-0.3, -0.25) is 29.8 Å². The first-order chi connectivity index (χ1) is 13.3. The topological polar surface area (TPSA) is 111 Å². The number of amidine groups is 1. The molecule has 1 unspecified atom stereocenters. The summed E-state index contributed by atoms with van der Waals surface area (Å²) in [7, 11) is 3.48. The predicted octanol–water partition coefficient (Wildman–Crippen LogP) is 0.175. The zero-order valence-electron chi connectivity index (χ0n) is 16.1. The van der Waals surface area contributed by atoms with Crippen molar-refractivity contribution < 1.29 is 19.2 Å². The summed E-state index contributed by atoms with van der Waals surface area (Å²) >= 11 is 0. The van der Waals surface area contributed by atoms with Crippen LogP contribution in [-0.2, 0) is 20.9 Å². The molecular weight excluding hydrogens is 362 g/mol. The molecule has 1 aromatic carbocycles. The van der Waals surface area contributed by atoms with E-state index in [1.807, 2.05) is 0 Å². The molecule has 9 nitrogen and oxygen atoms in total. The fraction of sp³-hybridized carbons (Fsp3) is 0.421. The van der Waals surface area contributed by atoms with Gasteiger partial charge in [0, 0.05) is 24.1 Å². The lowest BCUT2D eigenvalue weighted by Gasteiger charge is -2.37. The van der Waals surface area contributed by atoms with E-state index >= 15 is 0 Å². The lowest BCUT2D eigenvalue weighted by Crippen LogP contribution is -2.54. The molecule has 1 saturated heterocycles. The molecule has 0 saturated carbocycles. The average Bonchev–Trinajstić information content (AvgIpc) is 2.60. The summed E-state index contributed by atoms with van der Waals surface area (Å²) in [5.41, 5.74) is 1.62. The Balaban J connectivity index is 1.85. The van der Waals surface area contributed by atoms with E-state index in [9.17, 15) is 19.2 Å². The Bertz CT molecular complexity index is 877. The molecule has 3 rings (SSSR count). The van der Waals surface area contributed by atoms with Crippen LogP contribution in [0.2, 0.25) is 0 Å². The minimum atomic E-state index is -0.527. The van der Waals surface area contributed by atoms with E-state index in [2.05, 4.69) is 15.6 Å². The molecule has 1 atom stereocenters. The maximum Gasteiger partial charge on any atom is 0.258 e. The number of benzene rings is 1. The molecule has 0 bridgehead atoms. The SMILES string of the molecule is CC1=Nc2cccc(C(=O)NC(=O)CN(C)C)c2CN1C1CCC(=O)NC1=O. The maximum absolute atomic E-state index is 12.6. The fourth-order valence-corrected chi connectivity index (χ4v) is 3.42. The zero-order valence-corrected chi connectivity index (χ0v) is 16.1. The third-order valence-corrected chi connectivity index (χ3v) is 4.72. The summed E-state index contributed by atoms with van der Waals surface area (Å²) in [6, 6.07) is 4.61. The largest absolute Gasteiger partial charge is 0.344 e. The number of hydrogen-bond donors (Lipinski definition) is 2. The Morgan fingerprint density at radius 3 is 2.75 bits per heavy atom. The van der Waals surface area contributed by atoms with Crippen molar-refractivity contribution in [2.45, 2.75) is 32.4 Å². The molecule has 0 radical (unpaired) electrons. The molecule has 2 N–H and O–H groups in total. The summed E-state index contributed by atoms with van der Waals surface area (Å²) in [5.74, 6) is -0.903. The first-order valence-corrected chi connectivity index (χ1v) is 9.02. The molecule has 4 amide bonds. The van der Waals surface area contributed by atoms with Crippen molar-refractivity contribution in [3.63, 3.8) is 0 Å². The van der Waals surface area contributed by atoms with E-state index < -0.39 is 17.9 Å². The fourth-order valence-electron chi connectivity index (χ4n) is 3.42. The van der Waals surface area contributed by atoms with Gasteiger partial charge in [0.1, 0.15) is 11.9 Å². The van der Waals surface area contributed by atoms with Gasteiger partial charge in [0.15, 0.2) is 0 Å². The Hall–Kier alpha value is -3.07. The third kappa shape index (κ3) is 4.09. The van der Waals surface area contributed by atoms with Crippen LogP contribution in [0, 0.1) is 0 Å². The number of carbonyl (C=O) groups is 4. The molecule has 9 heteroatoms. The summed E-state index contributed by atoms with van der Waals surface area (Å²) in [6.07, 6.45) is 0.650. The van der Waals surface area contributed by atoms with E-state index in [-0.39, 0.29) is 24.8 Å². The normalized spacial score (nSPS) is 19.1. The van der Waals surface area contributed by atoms with E-state index in [1.54, 1.807) is 49.0 Å². The highest BCUT2D eigenvalue weighted by molar-refractivity contribution is 6.07. The molecule has 0 aliphatic carbocycles. The van der Waals surface area contributed by atoms with Gasteiger partial charge in [-0.05, 0) is 39.6 Å². The number of fused-ring (bicyclic) bond motifs is 1. The molecule has 2 heterocycles. The summed E-state index contributed by atoms with van der Waals surface area (Å²) in [4.78, 5) is 56.3. The van der Waals surface area contributed by atoms with E-state index in [4.69, 9.17) is 0 Å². The molecule has 1 fully saturated rings. The van der Waals surface area contributed by atoms with Crippen LogP contribution in [0.5, 0.6) is 0 Å². The van der Waals surface area contributed by atoms with Crippen molar-refractivity contribution in [1.82, 2.24) is 20.4 Å². The van der Waals surface area contributed by atoms with Crippen molar-refractivity contribution in [3.8, 4) is 0 Å². The van der Waals surface area contributed by atoms with Gasteiger partial charge in [0.05, 0.1) is 12.2 Å². The molecule has 0 aromatic heterocycles. The molecule has 0 spiro atoms. The van der Waals surface area contributed by atoms with Gasteiger partial charge >= 0.3 is 0 Å². The van der Waals surface area contributed by atoms with Crippen molar-refractivity contribution in [2.24, 2.45) is 4.99 Å². The second-order valence-corrected chi connectivity index (χ2v) is 7.17. The standard InChI is InChI=1S/C19H23N5O4/c1-11-20-14-6-4-5-12(18(27)22-17(26)10-23(2)3)13(14)9-24(11)15-7-8-16(25)21-19(15)28/h4-6,15H,7-10H2,1-3H3,(H,21,25,28)(H,22,26,27). The number of aliphatic imine (C=N–C) groups is 1. The minimum absolute atomic E-state index is 0.0976. The second-order valence-electron chi connectivity index (χ2n) is 7.17. The second kappa shape index (κ2) is 7.89. The number of likely N-dealkylation sites (N-methyl/N-ethyl adjacent to an activating group) is 1. The molecule has 2 aliphatic heterocycles. The van der Waals surface area contributed by atoms with Gasteiger partial charge in [-0.1, -0.05) is 6.07 Å². The number of nitrogens with one attached hydrogen (secondary N) is 2. The highest BCUT2D eigenvalue weighted by atomic mass is 16.2. The first-order valence-electron chi connectivity index (χ1n) is 9.02. The van der Waals surface area contributed by atoms with Gasteiger partial charge in [0.25, 0.3) is 5.91 Å². The van der Waals surface area contributed by atoms with Crippen molar-refractivity contribution >= 4 is 35.2 Å². The number of carbonyl (C=O) groups excluding carboxylic acids is 4. The summed E-state index contributed by atoms with van der Waals surface area (Å²) in [6.45, 7) is 2.18. The molecule has 2 aliphatic rings. The van der Waals surface area contributed by atoms with Crippen LogP contribution >= 0.6 is 0 Å². The summed E-state index contributed by atoms with van der Waals surface area (Å²) < 4.78 is 0. The van der Waals surface area contributed by atoms with Gasteiger partial charge in [-0.25, -0.2) is 4.99 Å². The van der Waals surface area contributed by atoms with Crippen LogP contribution in [0.1, 0.15) is 35.7 Å². The van der Waals surface area contributed by atoms with Gasteiger partial charge in [-0.15, -0.1) is 0 Å². The molecule has 1 aromatic rings. The van der Waals surface area contributed by atoms with Crippen LogP contribution in [0.25, 0.3) is 0 Å². The number of rotatable bonds is 4. The van der Waals surface area contributed by atoms with Crippen molar-refractivity contribution in [2.75, 3.05) is 20.6 Å². The molecule has 148 valence electrons. The predicted molar refractivity (Wildman–Crippen MR) is 102 cm³/mol. The smallest absolute Gasteiger partial charge is 0.258 e. The Labute approximate surface area is 162 Å². The number of piperidine rings is 1. The number of amides is 4. The van der Waals surface area contributed by atoms with Gasteiger partial charge < -0.3 is 9.80 Å². The quantitative estimate of drug-likeness (QED) is 0.715. The van der Waals surface area contributed by atoms with E-state index in [0.29, 0.717) is 35.6 Å². The number of hydrogen-bond acceptors (Lipinski definition) is 7. The maximum atomic E-state index is 12.6. The van der Waals surface area contributed by atoms with Crippen LogP contribution in [0.3, 0.4) is 0 Å². The van der Waals surface area contributed by atoms with Crippen LogP contribution in [0.15, 0.2) is 23.2 Å². The zero-order chi connectivity index (χ0) is 20.4. The van der Waals surface area contributed by atoms with Gasteiger partial charge in [-0.2, -0.15) is 0 Å². The monoisotopic (exact) mass is 385 g/mol. The Morgan fingerprint density at radius 2 is 2.07 bits per heavy atom. The van der Waals surface area contributed by atoms with Crippen molar-refractivity contribution in [1.29, 1.82) is 0 Å². The van der Waals surface area contributed by atoms with Crippen LogP contribution in [-0.4, -0.2) is 65.9 Å². The highest BCUT2D eigenvalue weighted by Gasteiger charge is 2.35. The van der Waals surface area contributed by atoms with Crippen LogP contribution in [0.4, 0.5) is 5.69 Å². The highest BCUT2D eigenvalue weighted by Crippen LogP contribution is 2.31. The Morgan fingerprint density at radius 1 is 1.32 bits per heavy atom. The number of imide groups is 2. The molecular formula is C19H23N5O4. The lowest BCUT2D eigenvalue weighted by atomic mass is 9.98. The third-order valence-electron chi connectivity index (χ3n) is 4.72. The Kier molecular flexibility index (Phi) is 5.55. The minimum Gasteiger partial charge on any atom is -0.344 e. The van der Waals surface area contributed by atoms with E-state index in [0.717, 1.165) is 0 Å². The van der Waals surface area contributed by atoms with Crippen molar-refractivity contribution in [3.05, 3.63) is 29.3 Å². The summed E-state index contributed by atoms with van der Waals surface area (Å²) in [5, 5.41) is 4.74.